The number of nitrogens with zero attached hydrogens (tertiary/aromatic N) is 4. The Labute approximate surface area is 125 Å². The van der Waals surface area contributed by atoms with Crippen LogP contribution >= 0.6 is 0 Å². The maximum Gasteiger partial charge on any atom is 0.324 e. The first-order valence-corrected chi connectivity index (χ1v) is 7.66. The number of nitrogens with one attached hydrogen (secondary N) is 1. The topological polar surface area (TPSA) is 72.4 Å². The zero-order chi connectivity index (χ0) is 14.7. The highest BCUT2D eigenvalue weighted by atomic mass is 16.5. The zero-order valence-electron chi connectivity index (χ0n) is 12.7. The van der Waals surface area contributed by atoms with E-state index in [0.29, 0.717) is 30.1 Å². The number of hydrogen-bond donors (Lipinski definition) is 1. The van der Waals surface area contributed by atoms with Crippen molar-refractivity contribution in [2.24, 2.45) is 0 Å². The minimum atomic E-state index is 0.306. The molecule has 0 aliphatic carbocycles. The molecule has 0 bridgehead atoms. The average Bonchev–Trinajstić information content (AvgIpc) is 3.08. The molecule has 0 radical (unpaired) electrons. The second-order valence-electron chi connectivity index (χ2n) is 5.57. The molecule has 0 spiro atoms. The van der Waals surface area contributed by atoms with Gasteiger partial charge in [0.1, 0.15) is 0 Å². The van der Waals surface area contributed by atoms with E-state index in [1.54, 1.807) is 14.2 Å². The molecule has 2 aliphatic heterocycles. The van der Waals surface area contributed by atoms with Gasteiger partial charge in [-0.15, -0.1) is 4.98 Å². The SMILES string of the molecule is COc1nc(OC)nc(N2CCCCC2C2CCCN2)n1. The van der Waals surface area contributed by atoms with Crippen LogP contribution in [0.5, 0.6) is 12.0 Å². The monoisotopic (exact) mass is 293 g/mol. The number of methoxy groups -OCH3 is 2. The smallest absolute Gasteiger partial charge is 0.324 e. The lowest BCUT2D eigenvalue weighted by Gasteiger charge is -2.39. The largest absolute Gasteiger partial charge is 0.467 e. The van der Waals surface area contributed by atoms with Crippen molar-refractivity contribution in [1.29, 1.82) is 0 Å². The molecular formula is C14H23N5O2. The van der Waals surface area contributed by atoms with Crippen LogP contribution in [-0.2, 0) is 0 Å². The number of ether oxygens (including phenoxy) is 2. The van der Waals surface area contributed by atoms with E-state index in [1.165, 1.54) is 32.1 Å². The number of piperidine rings is 1. The predicted molar refractivity (Wildman–Crippen MR) is 78.9 cm³/mol. The Bertz CT molecular complexity index is 456. The summed E-state index contributed by atoms with van der Waals surface area (Å²) in [6.07, 6.45) is 6.07. The molecule has 2 fully saturated rings. The first kappa shape index (κ1) is 14.3. The standard InChI is InChI=1S/C14H23N5O2/c1-20-13-16-12(17-14(18-13)21-2)19-9-4-3-7-11(19)10-6-5-8-15-10/h10-11,15H,3-9H2,1-2H3. The summed E-state index contributed by atoms with van der Waals surface area (Å²) in [5.74, 6) is 0.664. The van der Waals surface area contributed by atoms with Crippen molar-refractivity contribution in [2.45, 2.75) is 44.2 Å². The minimum absolute atomic E-state index is 0.306. The van der Waals surface area contributed by atoms with E-state index in [4.69, 9.17) is 9.47 Å². The summed E-state index contributed by atoms with van der Waals surface area (Å²) in [5, 5.41) is 3.61. The van der Waals surface area contributed by atoms with E-state index in [0.717, 1.165) is 13.1 Å². The third-order valence-electron chi connectivity index (χ3n) is 4.32. The molecule has 3 heterocycles. The first-order chi connectivity index (χ1) is 10.3. The molecule has 1 aromatic rings. The molecule has 2 saturated heterocycles. The molecule has 7 heteroatoms. The van der Waals surface area contributed by atoms with Crippen LogP contribution in [0, 0.1) is 0 Å². The summed E-state index contributed by atoms with van der Waals surface area (Å²) in [6.45, 7) is 2.08. The second-order valence-corrected chi connectivity index (χ2v) is 5.57. The van der Waals surface area contributed by atoms with E-state index in [1.807, 2.05) is 0 Å². The summed E-state index contributed by atoms with van der Waals surface area (Å²) in [7, 11) is 3.12. The highest BCUT2D eigenvalue weighted by molar-refractivity contribution is 5.35. The molecule has 0 aromatic carbocycles. The molecule has 2 aliphatic rings. The van der Waals surface area contributed by atoms with Crippen LogP contribution in [0.3, 0.4) is 0 Å². The minimum Gasteiger partial charge on any atom is -0.467 e. The molecule has 0 saturated carbocycles. The van der Waals surface area contributed by atoms with Crippen LogP contribution in [0.2, 0.25) is 0 Å². The van der Waals surface area contributed by atoms with E-state index >= 15 is 0 Å². The van der Waals surface area contributed by atoms with Crippen molar-refractivity contribution < 1.29 is 9.47 Å². The van der Waals surface area contributed by atoms with E-state index in [-0.39, 0.29) is 0 Å². The summed E-state index contributed by atoms with van der Waals surface area (Å²) in [4.78, 5) is 15.2. The molecular weight excluding hydrogens is 270 g/mol. The van der Waals surface area contributed by atoms with Crippen LogP contribution in [0.15, 0.2) is 0 Å². The Kier molecular flexibility index (Phi) is 4.38. The van der Waals surface area contributed by atoms with Gasteiger partial charge in [0.15, 0.2) is 0 Å². The molecule has 116 valence electrons. The summed E-state index contributed by atoms with van der Waals surface area (Å²) in [6, 6.07) is 1.58. The highest BCUT2D eigenvalue weighted by Crippen LogP contribution is 2.28. The Morgan fingerprint density at radius 2 is 1.76 bits per heavy atom. The van der Waals surface area contributed by atoms with Crippen LogP contribution in [0.25, 0.3) is 0 Å². The number of hydrogen-bond acceptors (Lipinski definition) is 7. The zero-order valence-corrected chi connectivity index (χ0v) is 12.7. The summed E-state index contributed by atoms with van der Waals surface area (Å²) < 4.78 is 10.3. The fraction of sp³-hybridized carbons (Fsp3) is 0.786. The van der Waals surface area contributed by atoms with Crippen molar-refractivity contribution in [1.82, 2.24) is 20.3 Å². The summed E-state index contributed by atoms with van der Waals surface area (Å²) in [5.41, 5.74) is 0. The quantitative estimate of drug-likeness (QED) is 0.887. The molecule has 0 amide bonds. The van der Waals surface area contributed by atoms with Gasteiger partial charge in [0.05, 0.1) is 14.2 Å². The van der Waals surface area contributed by atoms with Crippen LogP contribution in [-0.4, -0.2) is 54.3 Å². The van der Waals surface area contributed by atoms with Crippen molar-refractivity contribution in [2.75, 3.05) is 32.2 Å². The van der Waals surface area contributed by atoms with Gasteiger partial charge in [0, 0.05) is 18.6 Å². The van der Waals surface area contributed by atoms with Gasteiger partial charge in [-0.3, -0.25) is 0 Å². The molecule has 2 unspecified atom stereocenters. The Morgan fingerprint density at radius 3 is 2.38 bits per heavy atom. The number of anilines is 1. The van der Waals surface area contributed by atoms with Gasteiger partial charge in [-0.2, -0.15) is 9.97 Å². The van der Waals surface area contributed by atoms with Crippen LogP contribution < -0.4 is 19.7 Å². The van der Waals surface area contributed by atoms with Gasteiger partial charge >= 0.3 is 12.0 Å². The summed E-state index contributed by atoms with van der Waals surface area (Å²) >= 11 is 0. The Balaban J connectivity index is 1.88. The lowest BCUT2D eigenvalue weighted by atomic mass is 9.95. The van der Waals surface area contributed by atoms with Gasteiger partial charge < -0.3 is 19.7 Å². The van der Waals surface area contributed by atoms with Crippen molar-refractivity contribution >= 4 is 5.95 Å². The molecule has 1 N–H and O–H groups in total. The van der Waals surface area contributed by atoms with E-state index in [2.05, 4.69) is 25.2 Å². The molecule has 3 rings (SSSR count). The van der Waals surface area contributed by atoms with Crippen molar-refractivity contribution in [3.8, 4) is 12.0 Å². The van der Waals surface area contributed by atoms with Gasteiger partial charge in [-0.05, 0) is 38.6 Å². The fourth-order valence-corrected chi connectivity index (χ4v) is 3.30. The molecule has 2 atom stereocenters. The van der Waals surface area contributed by atoms with Gasteiger partial charge in [-0.25, -0.2) is 0 Å². The predicted octanol–water partition coefficient (Wildman–Crippen LogP) is 1.000. The molecule has 21 heavy (non-hydrogen) atoms. The second kappa shape index (κ2) is 6.43. The number of aromatic nitrogens is 3. The first-order valence-electron chi connectivity index (χ1n) is 7.66. The van der Waals surface area contributed by atoms with E-state index in [9.17, 15) is 0 Å². The third kappa shape index (κ3) is 3.02. The van der Waals surface area contributed by atoms with Crippen molar-refractivity contribution in [3.05, 3.63) is 0 Å². The Hall–Kier alpha value is -1.63. The lowest BCUT2D eigenvalue weighted by molar-refractivity contribution is 0.332. The maximum atomic E-state index is 5.16. The normalized spacial score (nSPS) is 25.9. The fourth-order valence-electron chi connectivity index (χ4n) is 3.30. The number of rotatable bonds is 4. The van der Waals surface area contributed by atoms with Crippen LogP contribution in [0.1, 0.15) is 32.1 Å². The van der Waals surface area contributed by atoms with Gasteiger partial charge in [0.2, 0.25) is 5.95 Å². The van der Waals surface area contributed by atoms with Gasteiger partial charge in [-0.1, -0.05) is 0 Å². The highest BCUT2D eigenvalue weighted by Gasteiger charge is 2.33. The third-order valence-corrected chi connectivity index (χ3v) is 4.32. The lowest BCUT2D eigenvalue weighted by Crippen LogP contribution is -2.51. The van der Waals surface area contributed by atoms with Gasteiger partial charge in [0.25, 0.3) is 0 Å². The molecule has 7 nitrogen and oxygen atoms in total. The van der Waals surface area contributed by atoms with E-state index < -0.39 is 0 Å². The Morgan fingerprint density at radius 1 is 1.00 bits per heavy atom. The van der Waals surface area contributed by atoms with Crippen LogP contribution in [0.4, 0.5) is 5.95 Å². The molecule has 1 aromatic heterocycles. The maximum absolute atomic E-state index is 5.16. The van der Waals surface area contributed by atoms with Crippen molar-refractivity contribution in [3.63, 3.8) is 0 Å². The average molecular weight is 293 g/mol.